The SMILES string of the molecule is Cc1cccc(-c2noc(CCC(=O)Nc3ccc(Br)cc3)n2)c1. The number of aromatic nitrogens is 2. The van der Waals surface area contributed by atoms with Crippen LogP contribution in [0.1, 0.15) is 17.9 Å². The number of aryl methyl sites for hydroxylation is 2. The summed E-state index contributed by atoms with van der Waals surface area (Å²) in [6.45, 7) is 2.01. The molecule has 3 aromatic rings. The summed E-state index contributed by atoms with van der Waals surface area (Å²) < 4.78 is 6.20. The van der Waals surface area contributed by atoms with Gasteiger partial charge in [-0.1, -0.05) is 44.8 Å². The molecule has 24 heavy (non-hydrogen) atoms. The lowest BCUT2D eigenvalue weighted by Gasteiger charge is -2.03. The Kier molecular flexibility index (Phi) is 5.05. The van der Waals surface area contributed by atoms with Crippen molar-refractivity contribution in [2.75, 3.05) is 5.32 Å². The van der Waals surface area contributed by atoms with Crippen LogP contribution in [-0.2, 0) is 11.2 Å². The lowest BCUT2D eigenvalue weighted by molar-refractivity contribution is -0.116. The summed E-state index contributed by atoms with van der Waals surface area (Å²) in [4.78, 5) is 16.3. The average Bonchev–Trinajstić information content (AvgIpc) is 3.04. The van der Waals surface area contributed by atoms with Crippen molar-refractivity contribution >= 4 is 27.5 Å². The van der Waals surface area contributed by atoms with Crippen LogP contribution in [0.2, 0.25) is 0 Å². The maximum absolute atomic E-state index is 12.0. The molecule has 0 aliphatic heterocycles. The van der Waals surface area contributed by atoms with E-state index in [0.717, 1.165) is 21.3 Å². The number of hydrogen-bond donors (Lipinski definition) is 1. The Balaban J connectivity index is 1.57. The first kappa shape index (κ1) is 16.4. The fourth-order valence-electron chi connectivity index (χ4n) is 2.23. The fraction of sp³-hybridized carbons (Fsp3) is 0.167. The van der Waals surface area contributed by atoms with E-state index in [2.05, 4.69) is 31.4 Å². The van der Waals surface area contributed by atoms with E-state index < -0.39 is 0 Å². The summed E-state index contributed by atoms with van der Waals surface area (Å²) in [5, 5.41) is 6.81. The molecule has 122 valence electrons. The van der Waals surface area contributed by atoms with E-state index in [0.29, 0.717) is 18.1 Å². The van der Waals surface area contributed by atoms with Crippen LogP contribution in [0.3, 0.4) is 0 Å². The molecule has 3 rings (SSSR count). The molecule has 0 aliphatic carbocycles. The highest BCUT2D eigenvalue weighted by Crippen LogP contribution is 2.18. The molecule has 0 saturated heterocycles. The fourth-order valence-corrected chi connectivity index (χ4v) is 2.50. The first-order chi connectivity index (χ1) is 11.6. The van der Waals surface area contributed by atoms with E-state index in [-0.39, 0.29) is 12.3 Å². The van der Waals surface area contributed by atoms with Gasteiger partial charge in [-0.05, 0) is 37.3 Å². The van der Waals surface area contributed by atoms with Crippen LogP contribution < -0.4 is 5.32 Å². The molecule has 5 nitrogen and oxygen atoms in total. The van der Waals surface area contributed by atoms with E-state index in [9.17, 15) is 4.79 Å². The number of halogens is 1. The molecule has 0 unspecified atom stereocenters. The van der Waals surface area contributed by atoms with Gasteiger partial charge in [-0.15, -0.1) is 0 Å². The molecule has 0 aliphatic rings. The van der Waals surface area contributed by atoms with E-state index >= 15 is 0 Å². The van der Waals surface area contributed by atoms with Gasteiger partial charge >= 0.3 is 0 Å². The van der Waals surface area contributed by atoms with Crippen molar-refractivity contribution in [3.8, 4) is 11.4 Å². The zero-order valence-electron chi connectivity index (χ0n) is 13.1. The van der Waals surface area contributed by atoms with Crippen LogP contribution in [-0.4, -0.2) is 16.0 Å². The normalized spacial score (nSPS) is 10.6. The van der Waals surface area contributed by atoms with E-state index in [1.165, 1.54) is 0 Å². The number of hydrogen-bond acceptors (Lipinski definition) is 4. The number of benzene rings is 2. The van der Waals surface area contributed by atoms with Gasteiger partial charge in [-0.25, -0.2) is 0 Å². The Morgan fingerprint density at radius 1 is 1.21 bits per heavy atom. The molecule has 2 aromatic carbocycles. The zero-order valence-corrected chi connectivity index (χ0v) is 14.7. The number of amides is 1. The van der Waals surface area contributed by atoms with Crippen molar-refractivity contribution in [1.29, 1.82) is 0 Å². The van der Waals surface area contributed by atoms with Crippen LogP contribution in [0.4, 0.5) is 5.69 Å². The van der Waals surface area contributed by atoms with Gasteiger partial charge in [0.05, 0.1) is 0 Å². The minimum atomic E-state index is -0.0902. The van der Waals surface area contributed by atoms with Gasteiger partial charge in [0.25, 0.3) is 0 Å². The molecule has 0 fully saturated rings. The van der Waals surface area contributed by atoms with Crippen LogP contribution >= 0.6 is 15.9 Å². The maximum Gasteiger partial charge on any atom is 0.227 e. The number of anilines is 1. The van der Waals surface area contributed by atoms with Crippen molar-refractivity contribution in [2.24, 2.45) is 0 Å². The number of nitrogens with zero attached hydrogens (tertiary/aromatic N) is 2. The van der Waals surface area contributed by atoms with Gasteiger partial charge in [-0.2, -0.15) is 4.98 Å². The van der Waals surface area contributed by atoms with E-state index in [1.54, 1.807) is 0 Å². The Morgan fingerprint density at radius 2 is 2.00 bits per heavy atom. The lowest BCUT2D eigenvalue weighted by Crippen LogP contribution is -2.12. The molecule has 1 aromatic heterocycles. The smallest absolute Gasteiger partial charge is 0.227 e. The number of carbonyl (C=O) groups is 1. The third-order valence-electron chi connectivity index (χ3n) is 3.44. The monoisotopic (exact) mass is 385 g/mol. The molecule has 0 atom stereocenters. The molecule has 1 amide bonds. The molecule has 0 spiro atoms. The molecule has 1 heterocycles. The van der Waals surface area contributed by atoms with Crippen molar-refractivity contribution in [1.82, 2.24) is 10.1 Å². The summed E-state index contributed by atoms with van der Waals surface area (Å²) in [7, 11) is 0. The molecular weight excluding hydrogens is 370 g/mol. The van der Waals surface area contributed by atoms with Gasteiger partial charge in [0, 0.05) is 28.6 Å². The second-order valence-electron chi connectivity index (χ2n) is 5.44. The average molecular weight is 386 g/mol. The highest BCUT2D eigenvalue weighted by atomic mass is 79.9. The van der Waals surface area contributed by atoms with Gasteiger partial charge in [0.15, 0.2) is 0 Å². The Hall–Kier alpha value is -2.47. The third-order valence-corrected chi connectivity index (χ3v) is 3.97. The highest BCUT2D eigenvalue weighted by molar-refractivity contribution is 9.10. The van der Waals surface area contributed by atoms with Crippen LogP contribution in [0.5, 0.6) is 0 Å². The van der Waals surface area contributed by atoms with Crippen LogP contribution in [0, 0.1) is 6.92 Å². The van der Waals surface area contributed by atoms with Crippen molar-refractivity contribution in [2.45, 2.75) is 19.8 Å². The predicted octanol–water partition coefficient (Wildman–Crippen LogP) is 4.38. The highest BCUT2D eigenvalue weighted by Gasteiger charge is 2.11. The molecule has 1 N–H and O–H groups in total. The van der Waals surface area contributed by atoms with Crippen LogP contribution in [0.15, 0.2) is 57.5 Å². The first-order valence-corrected chi connectivity index (χ1v) is 8.34. The second-order valence-corrected chi connectivity index (χ2v) is 6.35. The number of nitrogens with one attached hydrogen (secondary N) is 1. The predicted molar refractivity (Wildman–Crippen MR) is 95.6 cm³/mol. The first-order valence-electron chi connectivity index (χ1n) is 7.55. The molecular formula is C18H16BrN3O2. The van der Waals surface area contributed by atoms with Gasteiger partial charge in [0.2, 0.25) is 17.6 Å². The summed E-state index contributed by atoms with van der Waals surface area (Å²) in [6.07, 6.45) is 0.687. The Bertz CT molecular complexity index is 843. The lowest BCUT2D eigenvalue weighted by atomic mass is 10.1. The molecule has 0 radical (unpaired) electrons. The van der Waals surface area contributed by atoms with Gasteiger partial charge in [-0.3, -0.25) is 4.79 Å². The topological polar surface area (TPSA) is 68.0 Å². The number of carbonyl (C=O) groups excluding carboxylic acids is 1. The third kappa shape index (κ3) is 4.29. The number of rotatable bonds is 5. The zero-order chi connectivity index (χ0) is 16.9. The summed E-state index contributed by atoms with van der Waals surface area (Å²) in [6, 6.07) is 15.3. The van der Waals surface area contributed by atoms with Crippen molar-refractivity contribution < 1.29 is 9.32 Å². The van der Waals surface area contributed by atoms with E-state index in [1.807, 2.05) is 55.5 Å². The molecule has 0 bridgehead atoms. The summed E-state index contributed by atoms with van der Waals surface area (Å²) >= 11 is 3.36. The van der Waals surface area contributed by atoms with E-state index in [4.69, 9.17) is 4.52 Å². The Morgan fingerprint density at radius 3 is 2.75 bits per heavy atom. The molecule has 6 heteroatoms. The summed E-state index contributed by atoms with van der Waals surface area (Å²) in [5.41, 5.74) is 2.80. The van der Waals surface area contributed by atoms with Crippen molar-refractivity contribution in [3.63, 3.8) is 0 Å². The maximum atomic E-state index is 12.0. The standard InChI is InChI=1S/C18H16BrN3O2/c1-12-3-2-4-13(11-12)18-21-17(24-22-18)10-9-16(23)20-15-7-5-14(19)6-8-15/h2-8,11H,9-10H2,1H3,(H,20,23). The van der Waals surface area contributed by atoms with Crippen LogP contribution in [0.25, 0.3) is 11.4 Å². The quantitative estimate of drug-likeness (QED) is 0.707. The van der Waals surface area contributed by atoms with Gasteiger partial charge < -0.3 is 9.84 Å². The minimum Gasteiger partial charge on any atom is -0.339 e. The molecule has 0 saturated carbocycles. The minimum absolute atomic E-state index is 0.0902. The largest absolute Gasteiger partial charge is 0.339 e. The second kappa shape index (κ2) is 7.40. The van der Waals surface area contributed by atoms with Crippen molar-refractivity contribution in [3.05, 3.63) is 64.5 Å². The Labute approximate surface area is 148 Å². The summed E-state index contributed by atoms with van der Waals surface area (Å²) in [5.74, 6) is 0.909. The van der Waals surface area contributed by atoms with Gasteiger partial charge in [0.1, 0.15) is 0 Å².